The van der Waals surface area contributed by atoms with E-state index in [0.29, 0.717) is 11.2 Å². The Morgan fingerprint density at radius 1 is 1.42 bits per heavy atom. The minimum atomic E-state index is -3.32. The van der Waals surface area contributed by atoms with Gasteiger partial charge in [0.15, 0.2) is 0 Å². The van der Waals surface area contributed by atoms with Crippen molar-refractivity contribution in [3.05, 3.63) is 0 Å². The highest BCUT2D eigenvalue weighted by Crippen LogP contribution is 2.31. The van der Waals surface area contributed by atoms with Gasteiger partial charge in [-0.3, -0.25) is 0 Å². The van der Waals surface area contributed by atoms with Crippen molar-refractivity contribution in [2.24, 2.45) is 11.1 Å². The second kappa shape index (κ2) is 3.64. The second-order valence-corrected chi connectivity index (χ2v) is 6.59. The number of sulfonamides is 1. The van der Waals surface area contributed by atoms with Gasteiger partial charge >= 0.3 is 0 Å². The third kappa shape index (κ3) is 2.44. The molecule has 1 saturated carbocycles. The number of hydrogen-bond donors (Lipinski definition) is 1. The predicted molar refractivity (Wildman–Crippen MR) is 52.6 cm³/mol. The molecule has 0 saturated heterocycles. The molecule has 12 heavy (non-hydrogen) atoms. The molecule has 0 aromatic heterocycles. The van der Waals surface area contributed by atoms with Crippen LogP contribution in [-0.4, -0.2) is 18.5 Å². The zero-order valence-corrected chi connectivity index (χ0v) is 9.44. The first-order valence-electron chi connectivity index (χ1n) is 4.07. The Balaban J connectivity index is 2.69. The van der Waals surface area contributed by atoms with Crippen LogP contribution >= 0.6 is 15.9 Å². The Morgan fingerprint density at radius 3 is 2.42 bits per heavy atom. The summed E-state index contributed by atoms with van der Waals surface area (Å²) in [5.74, 6) is 0.179. The van der Waals surface area contributed by atoms with Crippen LogP contribution in [-0.2, 0) is 10.0 Å². The van der Waals surface area contributed by atoms with Crippen LogP contribution in [0.3, 0.4) is 0 Å². The van der Waals surface area contributed by atoms with Crippen molar-refractivity contribution in [1.29, 1.82) is 0 Å². The summed E-state index contributed by atoms with van der Waals surface area (Å²) in [6.07, 6.45) is 2.50. The molecule has 0 radical (unpaired) electrons. The maximum atomic E-state index is 11.1. The lowest BCUT2D eigenvalue weighted by molar-refractivity contribution is 0.392. The van der Waals surface area contributed by atoms with Crippen molar-refractivity contribution in [1.82, 2.24) is 0 Å². The molecule has 5 heteroatoms. The minimum Gasteiger partial charge on any atom is -0.228 e. The summed E-state index contributed by atoms with van der Waals surface area (Å²) in [7, 11) is -3.32. The standard InChI is InChI=1S/C7H14BrNO2S/c1-5-4-6(8)2-3-7(5)12(9,10)11/h5-7H,2-4H2,1H3,(H2,9,10,11). The van der Waals surface area contributed by atoms with Crippen molar-refractivity contribution >= 4 is 26.0 Å². The first-order chi connectivity index (χ1) is 5.41. The Labute approximate surface area is 81.9 Å². The van der Waals surface area contributed by atoms with Gasteiger partial charge in [0.05, 0.1) is 5.25 Å². The topological polar surface area (TPSA) is 60.2 Å². The van der Waals surface area contributed by atoms with Crippen molar-refractivity contribution in [3.8, 4) is 0 Å². The molecule has 72 valence electrons. The number of halogens is 1. The molecule has 0 aromatic carbocycles. The largest absolute Gasteiger partial charge is 0.228 e. The molecule has 0 aromatic rings. The second-order valence-electron chi connectivity index (χ2n) is 3.52. The zero-order valence-electron chi connectivity index (χ0n) is 7.03. The molecule has 0 bridgehead atoms. The average Bonchev–Trinajstić information content (AvgIpc) is 1.83. The number of nitrogens with two attached hydrogens (primary N) is 1. The van der Waals surface area contributed by atoms with E-state index in [1.165, 1.54) is 0 Å². The van der Waals surface area contributed by atoms with E-state index < -0.39 is 10.0 Å². The third-order valence-corrected chi connectivity index (χ3v) is 4.82. The van der Waals surface area contributed by atoms with Gasteiger partial charge in [0.1, 0.15) is 0 Å². The normalized spacial score (nSPS) is 38.1. The van der Waals surface area contributed by atoms with Crippen LogP contribution in [0.4, 0.5) is 0 Å². The SMILES string of the molecule is CC1CC(Br)CCC1S(N)(=O)=O. The fourth-order valence-electron chi connectivity index (χ4n) is 1.79. The maximum Gasteiger partial charge on any atom is 0.212 e. The Kier molecular flexibility index (Phi) is 3.17. The molecular weight excluding hydrogens is 242 g/mol. The molecule has 0 amide bonds. The lowest BCUT2D eigenvalue weighted by Crippen LogP contribution is -2.38. The molecule has 1 aliphatic rings. The molecule has 0 aliphatic heterocycles. The first-order valence-corrected chi connectivity index (χ1v) is 6.59. The molecule has 0 spiro atoms. The summed E-state index contributed by atoms with van der Waals surface area (Å²) in [6, 6.07) is 0. The highest BCUT2D eigenvalue weighted by Gasteiger charge is 2.33. The molecule has 1 aliphatic carbocycles. The maximum absolute atomic E-state index is 11.1. The van der Waals surface area contributed by atoms with Gasteiger partial charge in [-0.05, 0) is 25.2 Å². The molecule has 1 fully saturated rings. The van der Waals surface area contributed by atoms with Crippen molar-refractivity contribution < 1.29 is 8.42 Å². The minimum absolute atomic E-state index is 0.179. The lowest BCUT2D eigenvalue weighted by Gasteiger charge is -2.29. The fraction of sp³-hybridized carbons (Fsp3) is 1.00. The van der Waals surface area contributed by atoms with Gasteiger partial charge in [-0.25, -0.2) is 13.6 Å². The van der Waals surface area contributed by atoms with E-state index in [9.17, 15) is 8.42 Å². The van der Waals surface area contributed by atoms with E-state index >= 15 is 0 Å². The summed E-state index contributed by atoms with van der Waals surface area (Å²) in [5.41, 5.74) is 0. The van der Waals surface area contributed by atoms with E-state index in [2.05, 4.69) is 15.9 Å². The van der Waals surface area contributed by atoms with Crippen LogP contribution in [0, 0.1) is 5.92 Å². The van der Waals surface area contributed by atoms with Gasteiger partial charge in [0.2, 0.25) is 10.0 Å². The summed E-state index contributed by atoms with van der Waals surface area (Å²) < 4.78 is 22.1. The highest BCUT2D eigenvalue weighted by molar-refractivity contribution is 9.09. The lowest BCUT2D eigenvalue weighted by atomic mass is 9.90. The Morgan fingerprint density at radius 2 is 2.00 bits per heavy atom. The van der Waals surface area contributed by atoms with Gasteiger partial charge < -0.3 is 0 Å². The first kappa shape index (κ1) is 10.5. The molecule has 3 atom stereocenters. The van der Waals surface area contributed by atoms with Crippen LogP contribution in [0.1, 0.15) is 26.2 Å². The Bertz CT molecular complexity index is 252. The molecule has 0 heterocycles. The van der Waals surface area contributed by atoms with E-state index in [-0.39, 0.29) is 11.2 Å². The molecule has 2 N–H and O–H groups in total. The quantitative estimate of drug-likeness (QED) is 0.717. The van der Waals surface area contributed by atoms with Crippen LogP contribution in [0.25, 0.3) is 0 Å². The smallest absolute Gasteiger partial charge is 0.212 e. The predicted octanol–water partition coefficient (Wildman–Crippen LogP) is 1.23. The van der Waals surface area contributed by atoms with E-state index in [1.807, 2.05) is 6.92 Å². The summed E-state index contributed by atoms with van der Waals surface area (Å²) >= 11 is 3.49. The fourth-order valence-corrected chi connectivity index (χ4v) is 3.87. The van der Waals surface area contributed by atoms with E-state index in [1.54, 1.807) is 0 Å². The molecule has 3 unspecified atom stereocenters. The van der Waals surface area contributed by atoms with Crippen molar-refractivity contribution in [2.75, 3.05) is 0 Å². The molecule has 1 rings (SSSR count). The van der Waals surface area contributed by atoms with Crippen LogP contribution in [0.5, 0.6) is 0 Å². The van der Waals surface area contributed by atoms with Crippen LogP contribution in [0.15, 0.2) is 0 Å². The molecule has 3 nitrogen and oxygen atoms in total. The number of alkyl halides is 1. The van der Waals surface area contributed by atoms with E-state index in [4.69, 9.17) is 5.14 Å². The van der Waals surface area contributed by atoms with Gasteiger partial charge in [0.25, 0.3) is 0 Å². The summed E-state index contributed by atoms with van der Waals surface area (Å²) in [4.78, 5) is 0.463. The monoisotopic (exact) mass is 255 g/mol. The number of hydrogen-bond acceptors (Lipinski definition) is 2. The number of primary sulfonamides is 1. The van der Waals surface area contributed by atoms with Gasteiger partial charge in [-0.2, -0.15) is 0 Å². The van der Waals surface area contributed by atoms with Gasteiger partial charge in [-0.1, -0.05) is 22.9 Å². The summed E-state index contributed by atoms with van der Waals surface area (Å²) in [6.45, 7) is 1.95. The van der Waals surface area contributed by atoms with Crippen LogP contribution < -0.4 is 5.14 Å². The Hall–Kier alpha value is 0.390. The average molecular weight is 256 g/mol. The van der Waals surface area contributed by atoms with Gasteiger partial charge in [0, 0.05) is 4.83 Å². The van der Waals surface area contributed by atoms with Crippen molar-refractivity contribution in [3.63, 3.8) is 0 Å². The van der Waals surface area contributed by atoms with Gasteiger partial charge in [-0.15, -0.1) is 0 Å². The molecular formula is C7H14BrNO2S. The highest BCUT2D eigenvalue weighted by atomic mass is 79.9. The van der Waals surface area contributed by atoms with Crippen LogP contribution in [0.2, 0.25) is 0 Å². The summed E-state index contributed by atoms with van der Waals surface area (Å²) in [5, 5.41) is 4.78. The van der Waals surface area contributed by atoms with E-state index in [0.717, 1.165) is 12.8 Å². The zero-order chi connectivity index (χ0) is 9.35. The number of rotatable bonds is 1. The third-order valence-electron chi connectivity index (χ3n) is 2.45. The van der Waals surface area contributed by atoms with Crippen molar-refractivity contribution in [2.45, 2.75) is 36.3 Å².